The molecule has 1 fully saturated rings. The zero-order valence-electron chi connectivity index (χ0n) is 10.2. The van der Waals surface area contributed by atoms with E-state index in [-0.39, 0.29) is 12.6 Å². The van der Waals surface area contributed by atoms with Crippen molar-refractivity contribution in [1.29, 1.82) is 0 Å². The van der Waals surface area contributed by atoms with Crippen molar-refractivity contribution in [1.82, 2.24) is 9.80 Å². The smallest absolute Gasteiger partial charge is 0.327 e. The predicted molar refractivity (Wildman–Crippen MR) is 64.9 cm³/mol. The van der Waals surface area contributed by atoms with Crippen molar-refractivity contribution >= 4 is 23.8 Å². The van der Waals surface area contributed by atoms with E-state index in [4.69, 9.17) is 5.11 Å². The van der Waals surface area contributed by atoms with Gasteiger partial charge in [-0.15, -0.1) is 11.8 Å². The molecule has 1 heterocycles. The number of aliphatic hydroxyl groups excluding tert-OH is 1. The van der Waals surface area contributed by atoms with Crippen LogP contribution in [0.5, 0.6) is 0 Å². The van der Waals surface area contributed by atoms with Gasteiger partial charge in [-0.05, 0) is 13.8 Å². The molecule has 1 aliphatic rings. The summed E-state index contributed by atoms with van der Waals surface area (Å²) < 4.78 is 0. The first-order valence-corrected chi connectivity index (χ1v) is 6.42. The number of carboxylic acid groups (broad SMARTS) is 1. The topological polar surface area (TPSA) is 81.1 Å². The third kappa shape index (κ3) is 2.84. The number of rotatable bonds is 3. The lowest BCUT2D eigenvalue weighted by Crippen LogP contribution is -2.55. The molecule has 1 unspecified atom stereocenters. The summed E-state index contributed by atoms with van der Waals surface area (Å²) in [5.74, 6) is -0.200. The van der Waals surface area contributed by atoms with Gasteiger partial charge in [-0.1, -0.05) is 0 Å². The second kappa shape index (κ2) is 5.14. The van der Waals surface area contributed by atoms with Gasteiger partial charge in [0.25, 0.3) is 0 Å². The van der Waals surface area contributed by atoms with Gasteiger partial charge in [-0.3, -0.25) is 0 Å². The lowest BCUT2D eigenvalue weighted by molar-refractivity contribution is -0.141. The summed E-state index contributed by atoms with van der Waals surface area (Å²) in [6, 6.07) is -1.13. The third-order valence-electron chi connectivity index (χ3n) is 2.99. The molecule has 0 aromatic carbocycles. The highest BCUT2D eigenvalue weighted by Crippen LogP contribution is 2.24. The van der Waals surface area contributed by atoms with Crippen molar-refractivity contribution in [2.45, 2.75) is 25.4 Å². The summed E-state index contributed by atoms with van der Waals surface area (Å²) in [6.45, 7) is 3.28. The number of nitrogens with zero attached hydrogens (tertiary/aromatic N) is 2. The number of carbonyl (C=O) groups excluding carboxylic acids is 1. The molecule has 98 valence electrons. The van der Waals surface area contributed by atoms with E-state index >= 15 is 0 Å². The minimum Gasteiger partial charge on any atom is -0.480 e. The highest BCUT2D eigenvalue weighted by molar-refractivity contribution is 7.99. The van der Waals surface area contributed by atoms with Crippen molar-refractivity contribution < 1.29 is 19.8 Å². The number of aliphatic carboxylic acids is 1. The highest BCUT2D eigenvalue weighted by atomic mass is 32.2. The molecular weight excluding hydrogens is 244 g/mol. The van der Waals surface area contributed by atoms with Gasteiger partial charge in [0.15, 0.2) is 0 Å². The molecule has 0 spiro atoms. The van der Waals surface area contributed by atoms with Gasteiger partial charge in [0, 0.05) is 12.8 Å². The third-order valence-corrected chi connectivity index (χ3v) is 4.01. The Morgan fingerprint density at radius 1 is 1.53 bits per heavy atom. The second-order valence-corrected chi connectivity index (χ2v) is 5.64. The van der Waals surface area contributed by atoms with Crippen molar-refractivity contribution in [3.05, 3.63) is 0 Å². The Labute approximate surface area is 105 Å². The fourth-order valence-corrected chi connectivity index (χ4v) is 2.53. The van der Waals surface area contributed by atoms with Crippen LogP contribution in [0.25, 0.3) is 0 Å². The summed E-state index contributed by atoms with van der Waals surface area (Å²) in [4.78, 5) is 25.8. The van der Waals surface area contributed by atoms with Crippen LogP contribution in [-0.2, 0) is 4.79 Å². The molecule has 2 N–H and O–H groups in total. The summed E-state index contributed by atoms with van der Waals surface area (Å²) in [6.07, 6.45) is 0. The molecule has 0 aromatic rings. The number of aliphatic hydroxyl groups is 1. The minimum atomic E-state index is -0.987. The number of likely N-dealkylation sites (N-methyl/N-ethyl adjacent to an activating group) is 1. The summed E-state index contributed by atoms with van der Waals surface area (Å²) >= 11 is 1.42. The largest absolute Gasteiger partial charge is 0.480 e. The van der Waals surface area contributed by atoms with Crippen molar-refractivity contribution in [2.24, 2.45) is 0 Å². The number of hydrogen-bond donors (Lipinski definition) is 2. The molecule has 7 heteroatoms. The minimum absolute atomic E-state index is 0.173. The Hall–Kier alpha value is -0.950. The van der Waals surface area contributed by atoms with E-state index in [1.807, 2.05) is 0 Å². The van der Waals surface area contributed by atoms with E-state index in [1.165, 1.54) is 21.6 Å². The zero-order valence-corrected chi connectivity index (χ0v) is 11.0. The Morgan fingerprint density at radius 3 is 2.59 bits per heavy atom. The standard InChI is InChI=1S/C10H18N2O4S/c1-10(2,5-13)11(3)9(16)12-6-17-4-7(12)8(14)15/h7,13H,4-6H2,1-3H3,(H,14,15). The number of urea groups is 1. The van der Waals surface area contributed by atoms with Crippen LogP contribution in [0, 0.1) is 0 Å². The average Bonchev–Trinajstić information content (AvgIpc) is 2.75. The maximum Gasteiger partial charge on any atom is 0.327 e. The number of carboxylic acids is 1. The summed E-state index contributed by atoms with van der Waals surface area (Å²) in [5.41, 5.74) is -0.701. The van der Waals surface area contributed by atoms with E-state index in [0.717, 1.165) is 0 Å². The van der Waals surface area contributed by atoms with Crippen molar-refractivity contribution in [3.8, 4) is 0 Å². The monoisotopic (exact) mass is 262 g/mol. The first-order chi connectivity index (χ1) is 7.81. The van der Waals surface area contributed by atoms with Gasteiger partial charge in [-0.25, -0.2) is 9.59 Å². The quantitative estimate of drug-likeness (QED) is 0.763. The zero-order chi connectivity index (χ0) is 13.2. The number of carbonyl (C=O) groups is 2. The maximum atomic E-state index is 12.1. The Kier molecular flexibility index (Phi) is 4.26. The van der Waals surface area contributed by atoms with Crippen LogP contribution in [0.2, 0.25) is 0 Å². The second-order valence-electron chi connectivity index (χ2n) is 4.64. The maximum absolute atomic E-state index is 12.1. The molecule has 1 atom stereocenters. The molecule has 0 saturated carbocycles. The van der Waals surface area contributed by atoms with Crippen LogP contribution < -0.4 is 0 Å². The Balaban J connectivity index is 2.79. The fraction of sp³-hybridized carbons (Fsp3) is 0.800. The molecule has 0 bridgehead atoms. The molecule has 2 amide bonds. The van der Waals surface area contributed by atoms with Gasteiger partial charge in [-0.2, -0.15) is 0 Å². The molecule has 6 nitrogen and oxygen atoms in total. The molecular formula is C10H18N2O4S. The van der Waals surface area contributed by atoms with Gasteiger partial charge < -0.3 is 20.0 Å². The normalized spacial score (nSPS) is 20.5. The van der Waals surface area contributed by atoms with E-state index < -0.39 is 17.6 Å². The van der Waals surface area contributed by atoms with Gasteiger partial charge in [0.2, 0.25) is 0 Å². The van der Waals surface area contributed by atoms with Crippen molar-refractivity contribution in [3.63, 3.8) is 0 Å². The molecule has 0 aliphatic carbocycles. The summed E-state index contributed by atoms with van der Waals surface area (Å²) in [7, 11) is 1.57. The lowest BCUT2D eigenvalue weighted by Gasteiger charge is -2.37. The molecule has 1 rings (SSSR count). The Bertz CT molecular complexity index is 321. The van der Waals surface area contributed by atoms with Gasteiger partial charge in [0.1, 0.15) is 6.04 Å². The van der Waals surface area contributed by atoms with E-state index in [0.29, 0.717) is 11.6 Å². The first kappa shape index (κ1) is 14.1. The summed E-state index contributed by atoms with van der Waals surface area (Å²) in [5, 5.41) is 18.2. The van der Waals surface area contributed by atoms with Crippen LogP contribution in [0.15, 0.2) is 0 Å². The number of thioether (sulfide) groups is 1. The highest BCUT2D eigenvalue weighted by Gasteiger charge is 2.39. The molecule has 1 saturated heterocycles. The molecule has 1 aliphatic heterocycles. The van der Waals surface area contributed by atoms with Gasteiger partial charge >= 0.3 is 12.0 Å². The fourth-order valence-electron chi connectivity index (χ4n) is 1.39. The van der Waals surface area contributed by atoms with Crippen LogP contribution in [0.3, 0.4) is 0 Å². The Morgan fingerprint density at radius 2 is 2.12 bits per heavy atom. The van der Waals surface area contributed by atoms with Crippen LogP contribution >= 0.6 is 11.8 Å². The number of hydrogen-bond acceptors (Lipinski definition) is 4. The average molecular weight is 262 g/mol. The van der Waals surface area contributed by atoms with Crippen molar-refractivity contribution in [2.75, 3.05) is 25.3 Å². The van der Waals surface area contributed by atoms with E-state index in [9.17, 15) is 14.7 Å². The number of amides is 2. The van der Waals surface area contributed by atoms with E-state index in [1.54, 1.807) is 20.9 Å². The molecule has 0 aromatic heterocycles. The molecule has 17 heavy (non-hydrogen) atoms. The first-order valence-electron chi connectivity index (χ1n) is 5.27. The van der Waals surface area contributed by atoms with Crippen LogP contribution in [-0.4, -0.2) is 68.9 Å². The predicted octanol–water partition coefficient (Wildman–Crippen LogP) is 0.269. The van der Waals surface area contributed by atoms with Gasteiger partial charge in [0.05, 0.1) is 18.0 Å². The lowest BCUT2D eigenvalue weighted by atomic mass is 10.1. The van der Waals surface area contributed by atoms with E-state index in [2.05, 4.69) is 0 Å². The molecule has 0 radical (unpaired) electrons. The van der Waals surface area contributed by atoms with Crippen LogP contribution in [0.1, 0.15) is 13.8 Å². The SMILES string of the molecule is CN(C(=O)N1CSCC1C(=O)O)C(C)(C)CO. The van der Waals surface area contributed by atoms with Crippen LogP contribution in [0.4, 0.5) is 4.79 Å².